The minimum absolute atomic E-state index is 0.145. The van der Waals surface area contributed by atoms with E-state index in [1.807, 2.05) is 24.3 Å². The van der Waals surface area contributed by atoms with Crippen LogP contribution in [0.5, 0.6) is 11.6 Å². The lowest BCUT2D eigenvalue weighted by molar-refractivity contribution is 0.0696. The Hall–Kier alpha value is -2.40. The minimum atomic E-state index is -1.01. The van der Waals surface area contributed by atoms with E-state index in [2.05, 4.69) is 4.98 Å². The summed E-state index contributed by atoms with van der Waals surface area (Å²) < 4.78 is 10.5. The number of carboxylic acid groups (broad SMARTS) is 1. The summed E-state index contributed by atoms with van der Waals surface area (Å²) in [5.74, 6) is -0.136. The maximum absolute atomic E-state index is 10.9. The first-order valence-corrected chi connectivity index (χ1v) is 6.14. The largest absolute Gasteiger partial charge is 0.478 e. The van der Waals surface area contributed by atoms with Crippen LogP contribution in [0.4, 0.5) is 0 Å². The van der Waals surface area contributed by atoms with Gasteiger partial charge in [-0.3, -0.25) is 0 Å². The van der Waals surface area contributed by atoms with Crippen molar-refractivity contribution in [3.63, 3.8) is 0 Å². The zero-order chi connectivity index (χ0) is 14.4. The standard InChI is InChI=1S/C15H15NO4/c1-19-9-7-11-2-4-13(5-3-11)20-14-10-12(15(17)18)6-8-16-14/h2-6,8,10H,7,9H2,1H3,(H,17,18). The van der Waals surface area contributed by atoms with Crippen molar-refractivity contribution >= 4 is 5.97 Å². The van der Waals surface area contributed by atoms with Crippen LogP contribution >= 0.6 is 0 Å². The normalized spacial score (nSPS) is 10.2. The molecule has 0 aliphatic carbocycles. The predicted octanol–water partition coefficient (Wildman–Crippen LogP) is 2.76. The Morgan fingerprint density at radius 1 is 1.25 bits per heavy atom. The number of benzene rings is 1. The van der Waals surface area contributed by atoms with Crippen LogP contribution in [0, 0.1) is 0 Å². The second-order valence-electron chi connectivity index (χ2n) is 4.18. The molecule has 0 radical (unpaired) electrons. The van der Waals surface area contributed by atoms with Crippen molar-refractivity contribution in [2.75, 3.05) is 13.7 Å². The van der Waals surface area contributed by atoms with Gasteiger partial charge in [-0.2, -0.15) is 0 Å². The zero-order valence-corrected chi connectivity index (χ0v) is 11.1. The molecule has 104 valence electrons. The predicted molar refractivity (Wildman–Crippen MR) is 73.3 cm³/mol. The summed E-state index contributed by atoms with van der Waals surface area (Å²) in [5.41, 5.74) is 1.29. The third kappa shape index (κ3) is 3.80. The first-order chi connectivity index (χ1) is 9.69. The van der Waals surface area contributed by atoms with Gasteiger partial charge in [-0.05, 0) is 30.2 Å². The third-order valence-electron chi connectivity index (χ3n) is 2.72. The quantitative estimate of drug-likeness (QED) is 0.876. The Kier molecular flexibility index (Phi) is 4.68. The minimum Gasteiger partial charge on any atom is -0.478 e. The van der Waals surface area contributed by atoms with Gasteiger partial charge in [0, 0.05) is 19.4 Å². The SMILES string of the molecule is COCCc1ccc(Oc2cc(C(=O)O)ccn2)cc1. The van der Waals surface area contributed by atoms with Crippen LogP contribution in [0.15, 0.2) is 42.6 Å². The summed E-state index contributed by atoms with van der Waals surface area (Å²) in [6.45, 7) is 0.669. The van der Waals surface area contributed by atoms with Crippen LogP contribution < -0.4 is 4.74 Å². The molecule has 0 saturated heterocycles. The highest BCUT2D eigenvalue weighted by Crippen LogP contribution is 2.20. The maximum Gasteiger partial charge on any atom is 0.335 e. The summed E-state index contributed by atoms with van der Waals surface area (Å²) in [6.07, 6.45) is 2.25. The maximum atomic E-state index is 10.9. The number of nitrogens with zero attached hydrogens (tertiary/aromatic N) is 1. The Bertz CT molecular complexity index is 581. The highest BCUT2D eigenvalue weighted by Gasteiger charge is 2.05. The molecule has 20 heavy (non-hydrogen) atoms. The van der Waals surface area contributed by atoms with Crippen LogP contribution in [0.1, 0.15) is 15.9 Å². The molecule has 0 aliphatic heterocycles. The summed E-state index contributed by atoms with van der Waals surface area (Å²) in [6, 6.07) is 10.3. The lowest BCUT2D eigenvalue weighted by atomic mass is 10.1. The Labute approximate surface area is 116 Å². The molecular formula is C15H15NO4. The highest BCUT2D eigenvalue weighted by atomic mass is 16.5. The Balaban J connectivity index is 2.06. The molecule has 0 spiro atoms. The molecule has 0 atom stereocenters. The highest BCUT2D eigenvalue weighted by molar-refractivity contribution is 5.87. The summed E-state index contributed by atoms with van der Waals surface area (Å²) >= 11 is 0. The molecule has 0 bridgehead atoms. The smallest absolute Gasteiger partial charge is 0.335 e. The van der Waals surface area contributed by atoms with Crippen molar-refractivity contribution in [1.29, 1.82) is 0 Å². The lowest BCUT2D eigenvalue weighted by Crippen LogP contribution is -1.98. The number of aromatic nitrogens is 1. The van der Waals surface area contributed by atoms with Gasteiger partial charge in [-0.1, -0.05) is 12.1 Å². The molecule has 1 heterocycles. The summed E-state index contributed by atoms with van der Waals surface area (Å²) in [5, 5.41) is 8.90. The fraction of sp³-hybridized carbons (Fsp3) is 0.200. The van der Waals surface area contributed by atoms with E-state index in [0.29, 0.717) is 12.4 Å². The molecule has 0 amide bonds. The number of carbonyl (C=O) groups is 1. The number of rotatable bonds is 6. The van der Waals surface area contributed by atoms with Crippen molar-refractivity contribution in [2.45, 2.75) is 6.42 Å². The molecule has 1 aromatic heterocycles. The molecule has 1 aromatic carbocycles. The first-order valence-electron chi connectivity index (χ1n) is 6.14. The van der Waals surface area contributed by atoms with Gasteiger partial charge in [0.25, 0.3) is 0 Å². The fourth-order valence-electron chi connectivity index (χ4n) is 1.66. The topological polar surface area (TPSA) is 68.7 Å². The number of pyridine rings is 1. The second-order valence-corrected chi connectivity index (χ2v) is 4.18. The molecule has 5 nitrogen and oxygen atoms in total. The average Bonchev–Trinajstić information content (AvgIpc) is 2.47. The van der Waals surface area contributed by atoms with Crippen LogP contribution in [-0.4, -0.2) is 29.8 Å². The number of aromatic carboxylic acids is 1. The molecule has 2 rings (SSSR count). The number of hydrogen-bond acceptors (Lipinski definition) is 4. The van der Waals surface area contributed by atoms with Gasteiger partial charge >= 0.3 is 5.97 Å². The van der Waals surface area contributed by atoms with E-state index in [0.717, 1.165) is 12.0 Å². The zero-order valence-electron chi connectivity index (χ0n) is 11.1. The van der Waals surface area contributed by atoms with Crippen LogP contribution in [-0.2, 0) is 11.2 Å². The Morgan fingerprint density at radius 2 is 2.00 bits per heavy atom. The van der Waals surface area contributed by atoms with Gasteiger partial charge in [0.15, 0.2) is 0 Å². The van der Waals surface area contributed by atoms with Gasteiger partial charge in [0.1, 0.15) is 5.75 Å². The van der Waals surface area contributed by atoms with Gasteiger partial charge in [-0.15, -0.1) is 0 Å². The van der Waals surface area contributed by atoms with Crippen molar-refractivity contribution in [3.8, 4) is 11.6 Å². The van der Waals surface area contributed by atoms with E-state index in [-0.39, 0.29) is 11.4 Å². The van der Waals surface area contributed by atoms with E-state index >= 15 is 0 Å². The lowest BCUT2D eigenvalue weighted by Gasteiger charge is -2.06. The molecule has 0 unspecified atom stereocenters. The Morgan fingerprint density at radius 3 is 2.65 bits per heavy atom. The number of carboxylic acids is 1. The molecule has 0 saturated carbocycles. The number of hydrogen-bond donors (Lipinski definition) is 1. The van der Waals surface area contributed by atoms with Gasteiger partial charge < -0.3 is 14.6 Å². The van der Waals surface area contributed by atoms with E-state index in [9.17, 15) is 4.79 Å². The number of methoxy groups -OCH3 is 1. The first kappa shape index (κ1) is 14.0. The summed E-state index contributed by atoms with van der Waals surface area (Å²) in [4.78, 5) is 14.8. The monoisotopic (exact) mass is 273 g/mol. The van der Waals surface area contributed by atoms with Gasteiger partial charge in [0.2, 0.25) is 5.88 Å². The van der Waals surface area contributed by atoms with Crippen molar-refractivity contribution < 1.29 is 19.4 Å². The van der Waals surface area contributed by atoms with E-state index in [1.54, 1.807) is 7.11 Å². The van der Waals surface area contributed by atoms with Crippen LogP contribution in [0.25, 0.3) is 0 Å². The molecule has 0 fully saturated rings. The second kappa shape index (κ2) is 6.68. The van der Waals surface area contributed by atoms with Crippen LogP contribution in [0.2, 0.25) is 0 Å². The molecule has 1 N–H and O–H groups in total. The summed E-state index contributed by atoms with van der Waals surface area (Å²) in [7, 11) is 1.67. The fourth-order valence-corrected chi connectivity index (χ4v) is 1.66. The molecular weight excluding hydrogens is 258 g/mol. The van der Waals surface area contributed by atoms with Crippen LogP contribution in [0.3, 0.4) is 0 Å². The van der Waals surface area contributed by atoms with E-state index in [4.69, 9.17) is 14.6 Å². The van der Waals surface area contributed by atoms with Crippen molar-refractivity contribution in [2.24, 2.45) is 0 Å². The average molecular weight is 273 g/mol. The van der Waals surface area contributed by atoms with Crippen molar-refractivity contribution in [1.82, 2.24) is 4.98 Å². The number of ether oxygens (including phenoxy) is 2. The van der Waals surface area contributed by atoms with E-state index < -0.39 is 5.97 Å². The molecule has 2 aromatic rings. The van der Waals surface area contributed by atoms with Gasteiger partial charge in [-0.25, -0.2) is 9.78 Å². The molecule has 5 heteroatoms. The van der Waals surface area contributed by atoms with E-state index in [1.165, 1.54) is 18.3 Å². The van der Waals surface area contributed by atoms with Gasteiger partial charge in [0.05, 0.1) is 12.2 Å². The third-order valence-corrected chi connectivity index (χ3v) is 2.72. The molecule has 0 aliphatic rings. The van der Waals surface area contributed by atoms with Crippen molar-refractivity contribution in [3.05, 3.63) is 53.7 Å².